The van der Waals surface area contributed by atoms with E-state index in [2.05, 4.69) is 4.85 Å². The van der Waals surface area contributed by atoms with Crippen molar-refractivity contribution in [3.05, 3.63) is 71.1 Å². The van der Waals surface area contributed by atoms with Crippen LogP contribution in [0.1, 0.15) is 28.8 Å². The van der Waals surface area contributed by atoms with E-state index in [1.807, 2.05) is 0 Å². The van der Waals surface area contributed by atoms with Crippen LogP contribution >= 0.6 is 0 Å². The summed E-state index contributed by atoms with van der Waals surface area (Å²) in [6.45, 7) is 6.94. The van der Waals surface area contributed by atoms with Crippen molar-refractivity contribution < 1.29 is 31.1 Å². The predicted octanol–water partition coefficient (Wildman–Crippen LogP) is 4.31. The van der Waals surface area contributed by atoms with Gasteiger partial charge in [0.05, 0.1) is 23.1 Å². The lowest BCUT2D eigenvalue weighted by Gasteiger charge is -2.31. The smallest absolute Gasteiger partial charge is 0.370 e. The fraction of sp³-hybridized carbons (Fsp3) is 0.333. The van der Waals surface area contributed by atoms with Gasteiger partial charge in [-0.05, 0) is 37.1 Å². The molecule has 0 spiro atoms. The Morgan fingerprint density at radius 1 is 1.13 bits per heavy atom. The summed E-state index contributed by atoms with van der Waals surface area (Å²) in [5.74, 6) is -0.287. The van der Waals surface area contributed by atoms with Crippen molar-refractivity contribution in [2.45, 2.75) is 30.0 Å². The molecule has 31 heavy (non-hydrogen) atoms. The number of halogens is 3. The topological polar surface area (TPSA) is 68.0 Å². The number of hydrogen-bond donors (Lipinski definition) is 0. The van der Waals surface area contributed by atoms with Crippen LogP contribution in [0.3, 0.4) is 0 Å². The maximum absolute atomic E-state index is 12.9. The van der Waals surface area contributed by atoms with E-state index in [0.29, 0.717) is 30.2 Å². The van der Waals surface area contributed by atoms with E-state index in [0.717, 1.165) is 22.5 Å². The Labute approximate surface area is 178 Å². The molecule has 2 aromatic rings. The van der Waals surface area contributed by atoms with Gasteiger partial charge in [-0.2, -0.15) is 17.5 Å². The van der Waals surface area contributed by atoms with Gasteiger partial charge in [0.25, 0.3) is 0 Å². The molecule has 6 nitrogen and oxygen atoms in total. The predicted molar refractivity (Wildman–Crippen MR) is 106 cm³/mol. The zero-order valence-electron chi connectivity index (χ0n) is 16.3. The summed E-state index contributed by atoms with van der Waals surface area (Å²) < 4.78 is 70.9. The molecule has 0 N–H and O–H groups in total. The normalized spacial score (nSPS) is 16.1. The molecule has 0 bridgehead atoms. The molecule has 0 aromatic heterocycles. The largest absolute Gasteiger partial charge is 0.416 e. The van der Waals surface area contributed by atoms with Crippen LogP contribution in [0.4, 0.5) is 18.9 Å². The molecule has 164 valence electrons. The molecule has 2 aromatic carbocycles. The number of carbonyl (C=O) groups excluding carboxylic acids is 1. The van der Waals surface area contributed by atoms with Crippen LogP contribution in [0.5, 0.6) is 0 Å². The number of alkyl halides is 3. The molecular weight excluding hydrogens is 433 g/mol. The minimum Gasteiger partial charge on any atom is -0.370 e. The van der Waals surface area contributed by atoms with Gasteiger partial charge >= 0.3 is 6.18 Å². The van der Waals surface area contributed by atoms with Gasteiger partial charge in [-0.3, -0.25) is 4.79 Å². The highest BCUT2D eigenvalue weighted by molar-refractivity contribution is 7.89. The van der Waals surface area contributed by atoms with E-state index >= 15 is 0 Å². The number of Topliss-reactive ketones (excluding diaryl/α,β-unsaturated/α-hetero) is 1. The fourth-order valence-corrected chi connectivity index (χ4v) is 4.76. The van der Waals surface area contributed by atoms with Gasteiger partial charge in [-0.1, -0.05) is 24.3 Å². The van der Waals surface area contributed by atoms with Gasteiger partial charge in [0, 0.05) is 18.7 Å². The minimum atomic E-state index is -4.63. The number of benzene rings is 2. The molecule has 0 radical (unpaired) electrons. The van der Waals surface area contributed by atoms with E-state index in [-0.39, 0.29) is 31.6 Å². The van der Waals surface area contributed by atoms with E-state index in [9.17, 15) is 26.4 Å². The third-order valence-electron chi connectivity index (χ3n) is 4.95. The number of piperidine rings is 1. The van der Waals surface area contributed by atoms with E-state index < -0.39 is 26.7 Å². The molecule has 0 unspecified atom stereocenters. The van der Waals surface area contributed by atoms with Gasteiger partial charge in [0.15, 0.2) is 11.5 Å². The SMILES string of the molecule is [C-]#[N+]c1cccc(C(=O)COC2CCN(S(=O)(=O)c3cccc(C(F)(F)F)c3)CC2)c1. The lowest BCUT2D eigenvalue weighted by atomic mass is 10.1. The first-order chi connectivity index (χ1) is 14.6. The van der Waals surface area contributed by atoms with Crippen molar-refractivity contribution in [1.82, 2.24) is 4.31 Å². The second-order valence-corrected chi connectivity index (χ2v) is 8.96. The Kier molecular flexibility index (Phi) is 6.79. The van der Waals surface area contributed by atoms with Gasteiger partial charge in [0.2, 0.25) is 10.0 Å². The third kappa shape index (κ3) is 5.50. The molecule has 1 fully saturated rings. The fourth-order valence-electron chi connectivity index (χ4n) is 3.25. The lowest BCUT2D eigenvalue weighted by Crippen LogP contribution is -2.41. The van der Waals surface area contributed by atoms with E-state index in [4.69, 9.17) is 11.3 Å². The molecule has 10 heteroatoms. The van der Waals surface area contributed by atoms with Crippen molar-refractivity contribution >= 4 is 21.5 Å². The number of ether oxygens (including phenoxy) is 1. The second-order valence-electron chi connectivity index (χ2n) is 7.03. The van der Waals surface area contributed by atoms with Crippen molar-refractivity contribution in [3.8, 4) is 0 Å². The summed E-state index contributed by atoms with van der Waals surface area (Å²) in [5.41, 5.74) is -0.315. The third-order valence-corrected chi connectivity index (χ3v) is 6.84. The Bertz CT molecular complexity index is 1100. The summed E-state index contributed by atoms with van der Waals surface area (Å²) in [6.07, 6.45) is -4.35. The Morgan fingerprint density at radius 2 is 1.81 bits per heavy atom. The van der Waals surface area contributed by atoms with Crippen LogP contribution in [-0.4, -0.2) is 44.3 Å². The second kappa shape index (κ2) is 9.18. The van der Waals surface area contributed by atoms with Crippen molar-refractivity contribution in [3.63, 3.8) is 0 Å². The molecule has 0 atom stereocenters. The maximum atomic E-state index is 12.9. The molecule has 1 aliphatic heterocycles. The molecule has 0 amide bonds. The highest BCUT2D eigenvalue weighted by Crippen LogP contribution is 2.31. The summed E-state index contributed by atoms with van der Waals surface area (Å²) in [5, 5.41) is 0. The molecule has 1 aliphatic rings. The summed E-state index contributed by atoms with van der Waals surface area (Å²) in [4.78, 5) is 15.1. The number of carbonyl (C=O) groups is 1. The van der Waals surface area contributed by atoms with Crippen molar-refractivity contribution in [1.29, 1.82) is 0 Å². The zero-order valence-corrected chi connectivity index (χ0v) is 17.1. The summed E-state index contributed by atoms with van der Waals surface area (Å²) >= 11 is 0. The first-order valence-electron chi connectivity index (χ1n) is 9.41. The van der Waals surface area contributed by atoms with Crippen LogP contribution in [0.2, 0.25) is 0 Å². The standard InChI is InChI=1S/C21H19F3N2O4S/c1-25-17-6-2-4-15(12-17)20(27)14-30-18-8-10-26(11-9-18)31(28,29)19-7-3-5-16(13-19)21(22,23)24/h2-7,12-13,18H,8-11,14H2. The number of sulfonamides is 1. The lowest BCUT2D eigenvalue weighted by molar-refractivity contribution is -0.137. The van der Waals surface area contributed by atoms with Gasteiger partial charge in [0.1, 0.15) is 6.61 Å². The molecule has 1 heterocycles. The minimum absolute atomic E-state index is 0.0741. The first kappa shape index (κ1) is 22.9. The number of ketones is 1. The monoisotopic (exact) mass is 452 g/mol. The van der Waals surface area contributed by atoms with Gasteiger partial charge < -0.3 is 4.74 Å². The highest BCUT2D eigenvalue weighted by Gasteiger charge is 2.34. The highest BCUT2D eigenvalue weighted by atomic mass is 32.2. The van der Waals surface area contributed by atoms with Crippen LogP contribution < -0.4 is 0 Å². The first-order valence-corrected chi connectivity index (χ1v) is 10.8. The average Bonchev–Trinajstić information content (AvgIpc) is 2.77. The van der Waals surface area contributed by atoms with E-state index in [1.54, 1.807) is 18.2 Å². The summed E-state index contributed by atoms with van der Waals surface area (Å²) in [6, 6.07) is 9.93. The van der Waals surface area contributed by atoms with Gasteiger partial charge in [-0.25, -0.2) is 13.3 Å². The molecule has 0 saturated carbocycles. The quantitative estimate of drug-likeness (QED) is 0.484. The van der Waals surface area contributed by atoms with Crippen LogP contribution in [-0.2, 0) is 20.9 Å². The molecular formula is C21H19F3N2O4S. The van der Waals surface area contributed by atoms with Crippen LogP contribution in [0.15, 0.2) is 53.4 Å². The van der Waals surface area contributed by atoms with E-state index in [1.165, 1.54) is 6.07 Å². The van der Waals surface area contributed by atoms with Crippen molar-refractivity contribution in [2.75, 3.05) is 19.7 Å². The molecule has 3 rings (SSSR count). The molecule has 1 saturated heterocycles. The summed E-state index contributed by atoms with van der Waals surface area (Å²) in [7, 11) is -4.07. The van der Waals surface area contributed by atoms with Crippen LogP contribution in [0.25, 0.3) is 4.85 Å². The number of hydrogen-bond acceptors (Lipinski definition) is 4. The number of rotatable bonds is 6. The Morgan fingerprint density at radius 3 is 2.45 bits per heavy atom. The zero-order chi connectivity index (χ0) is 22.6. The van der Waals surface area contributed by atoms with Gasteiger partial charge in [-0.15, -0.1) is 0 Å². The Balaban J connectivity index is 1.58. The average molecular weight is 452 g/mol. The van der Waals surface area contributed by atoms with Crippen LogP contribution in [0, 0.1) is 6.57 Å². The maximum Gasteiger partial charge on any atom is 0.416 e. The molecule has 0 aliphatic carbocycles. The number of nitrogens with zero attached hydrogens (tertiary/aromatic N) is 2. The Hall–Kier alpha value is -2.74. The van der Waals surface area contributed by atoms with Crippen molar-refractivity contribution in [2.24, 2.45) is 0 Å².